The van der Waals surface area contributed by atoms with E-state index in [1.807, 2.05) is 44.2 Å². The fraction of sp³-hybridized carbons (Fsp3) is 0.467. The molecule has 10 heteroatoms. The lowest BCUT2D eigenvalue weighted by Crippen LogP contribution is -2.42. The maximum absolute atomic E-state index is 12.2. The molecule has 0 spiro atoms. The second-order valence-corrected chi connectivity index (χ2v) is 5.00. The number of nitrogens with zero attached hydrogens (tertiary/aromatic N) is 4. The quantitative estimate of drug-likeness (QED) is 0.561. The van der Waals surface area contributed by atoms with Crippen LogP contribution in [0.1, 0.15) is 20.3 Å². The number of rotatable bonds is 9. The lowest BCUT2D eigenvalue weighted by atomic mass is 10.2. The summed E-state index contributed by atoms with van der Waals surface area (Å²) in [4.78, 5) is 12.2. The number of hydrogen-bond donors (Lipinski definition) is 3. The lowest BCUT2D eigenvalue weighted by molar-refractivity contribution is -0.121. The van der Waals surface area contributed by atoms with Gasteiger partial charge >= 0.3 is 0 Å². The number of nitrogens with one attached hydrogen (secondary N) is 3. The van der Waals surface area contributed by atoms with Gasteiger partial charge in [0.15, 0.2) is 0 Å². The monoisotopic (exact) mass is 389 g/mol. The summed E-state index contributed by atoms with van der Waals surface area (Å²) in [5.74, 6) is 0.387. The molecule has 0 fully saturated rings. The zero-order chi connectivity index (χ0) is 16.5. The molecule has 2 rings (SSSR count). The van der Waals surface area contributed by atoms with E-state index in [0.29, 0.717) is 18.9 Å². The summed E-state index contributed by atoms with van der Waals surface area (Å²) in [5.41, 5.74) is 0.836. The highest BCUT2D eigenvalue weighted by molar-refractivity contribution is 5.85. The van der Waals surface area contributed by atoms with Crippen LogP contribution in [-0.2, 0) is 4.79 Å². The van der Waals surface area contributed by atoms with E-state index >= 15 is 0 Å². The van der Waals surface area contributed by atoms with E-state index in [2.05, 4.69) is 31.5 Å². The number of benzene rings is 1. The smallest absolute Gasteiger partial charge is 0.248 e. The first-order valence-electron chi connectivity index (χ1n) is 7.85. The number of carbonyl (C=O) groups excluding carboxylic acids is 1. The van der Waals surface area contributed by atoms with Gasteiger partial charge in [0.25, 0.3) is 0 Å². The highest BCUT2D eigenvalue weighted by Gasteiger charge is 2.19. The Morgan fingerprint density at radius 2 is 1.88 bits per heavy atom. The average Bonchev–Trinajstić information content (AvgIpc) is 3.05. The van der Waals surface area contributed by atoms with Crippen molar-refractivity contribution >= 4 is 36.7 Å². The third-order valence-electron chi connectivity index (χ3n) is 3.35. The van der Waals surface area contributed by atoms with Gasteiger partial charge in [-0.2, -0.15) is 4.68 Å². The molecule has 140 valence electrons. The maximum atomic E-state index is 12.2. The molecular formula is C15H25Cl2N7O. The van der Waals surface area contributed by atoms with Crippen LogP contribution in [0.15, 0.2) is 30.3 Å². The average molecular weight is 390 g/mol. The van der Waals surface area contributed by atoms with Crippen LogP contribution in [0.2, 0.25) is 0 Å². The second-order valence-electron chi connectivity index (χ2n) is 5.00. The number of aromatic nitrogens is 4. The van der Waals surface area contributed by atoms with Crippen LogP contribution in [0, 0.1) is 0 Å². The van der Waals surface area contributed by atoms with Gasteiger partial charge in [-0.25, -0.2) is 0 Å². The molecule has 25 heavy (non-hydrogen) atoms. The van der Waals surface area contributed by atoms with Crippen molar-refractivity contribution in [1.29, 1.82) is 0 Å². The molecule has 0 saturated carbocycles. The largest absolute Gasteiger partial charge is 0.353 e. The minimum atomic E-state index is -0.384. The number of amides is 1. The Morgan fingerprint density at radius 1 is 1.16 bits per heavy atom. The van der Waals surface area contributed by atoms with Gasteiger partial charge in [-0.1, -0.05) is 37.1 Å². The molecular weight excluding hydrogens is 365 g/mol. The first kappa shape index (κ1) is 23.1. The predicted molar refractivity (Wildman–Crippen MR) is 103 cm³/mol. The lowest BCUT2D eigenvalue weighted by Gasteiger charge is -2.17. The number of anilines is 1. The molecule has 3 N–H and O–H groups in total. The van der Waals surface area contributed by atoms with Crippen molar-refractivity contribution in [1.82, 2.24) is 30.8 Å². The topological polar surface area (TPSA) is 96.8 Å². The summed E-state index contributed by atoms with van der Waals surface area (Å²) in [7, 11) is 0. The third-order valence-corrected chi connectivity index (χ3v) is 3.35. The van der Waals surface area contributed by atoms with Gasteiger partial charge in [0.2, 0.25) is 11.9 Å². The van der Waals surface area contributed by atoms with E-state index in [9.17, 15) is 4.79 Å². The molecule has 1 atom stereocenters. The van der Waals surface area contributed by atoms with Gasteiger partial charge in [-0.05, 0) is 35.5 Å². The Morgan fingerprint density at radius 3 is 2.52 bits per heavy atom. The minimum absolute atomic E-state index is 0. The van der Waals surface area contributed by atoms with Crippen molar-refractivity contribution in [2.24, 2.45) is 0 Å². The maximum Gasteiger partial charge on any atom is 0.248 e. The van der Waals surface area contributed by atoms with Crippen molar-refractivity contribution in [3.8, 4) is 5.69 Å². The van der Waals surface area contributed by atoms with Gasteiger partial charge < -0.3 is 16.0 Å². The van der Waals surface area contributed by atoms with Crippen LogP contribution in [0.25, 0.3) is 5.69 Å². The second kappa shape index (κ2) is 12.5. The van der Waals surface area contributed by atoms with Crippen LogP contribution in [0.4, 0.5) is 5.95 Å². The molecule has 8 nitrogen and oxygen atoms in total. The Hall–Kier alpha value is -1.90. The van der Waals surface area contributed by atoms with Crippen LogP contribution in [0.5, 0.6) is 0 Å². The SMILES string of the molecule is CCNCCNC(=O)C(CC)Nc1nnnn1-c1ccccc1.Cl.Cl. The zero-order valence-corrected chi connectivity index (χ0v) is 15.9. The van der Waals surface area contributed by atoms with Gasteiger partial charge in [-0.15, -0.1) is 24.8 Å². The predicted octanol–water partition coefficient (Wildman–Crippen LogP) is 1.42. The summed E-state index contributed by atoms with van der Waals surface area (Å²) in [6.45, 7) is 6.20. The molecule has 0 bridgehead atoms. The molecule has 1 aromatic heterocycles. The molecule has 0 aliphatic carbocycles. The highest BCUT2D eigenvalue weighted by atomic mass is 35.5. The number of halogens is 2. The Balaban J connectivity index is 0.00000288. The van der Waals surface area contributed by atoms with Crippen molar-refractivity contribution < 1.29 is 4.79 Å². The summed E-state index contributed by atoms with van der Waals surface area (Å²) < 4.78 is 1.58. The van der Waals surface area contributed by atoms with E-state index in [-0.39, 0.29) is 36.8 Å². The van der Waals surface area contributed by atoms with Crippen molar-refractivity contribution in [3.05, 3.63) is 30.3 Å². The molecule has 1 unspecified atom stereocenters. The number of carbonyl (C=O) groups is 1. The Kier molecular flexibility index (Phi) is 11.5. The fourth-order valence-corrected chi connectivity index (χ4v) is 2.10. The van der Waals surface area contributed by atoms with E-state index in [4.69, 9.17) is 0 Å². The number of tetrazole rings is 1. The summed E-state index contributed by atoms with van der Waals surface area (Å²) >= 11 is 0. The molecule has 0 saturated heterocycles. The first-order chi connectivity index (χ1) is 11.3. The van der Waals surface area contributed by atoms with Gasteiger partial charge in [0, 0.05) is 13.1 Å². The number of para-hydroxylation sites is 1. The number of hydrogen-bond acceptors (Lipinski definition) is 6. The van der Waals surface area contributed by atoms with Crippen molar-refractivity contribution in [3.63, 3.8) is 0 Å². The summed E-state index contributed by atoms with van der Waals surface area (Å²) in [6.07, 6.45) is 0.634. The fourth-order valence-electron chi connectivity index (χ4n) is 2.10. The van der Waals surface area contributed by atoms with Crippen molar-refractivity contribution in [2.75, 3.05) is 25.0 Å². The molecule has 0 radical (unpaired) electrons. The Bertz CT molecular complexity index is 609. The van der Waals surface area contributed by atoms with Gasteiger partial charge in [0.05, 0.1) is 5.69 Å². The molecule has 0 aliphatic rings. The minimum Gasteiger partial charge on any atom is -0.353 e. The molecule has 1 heterocycles. The van der Waals surface area contributed by atoms with Crippen LogP contribution < -0.4 is 16.0 Å². The first-order valence-corrected chi connectivity index (χ1v) is 7.85. The summed E-state index contributed by atoms with van der Waals surface area (Å²) in [6, 6.07) is 9.16. The standard InChI is InChI=1S/C15H23N7O.2ClH/c1-3-13(14(23)17-11-10-16-4-2)18-15-19-20-21-22(15)12-8-6-5-7-9-12;;/h5-9,13,16H,3-4,10-11H2,1-2H3,(H,17,23)(H,18,19,21);2*1H. The van der Waals surface area contributed by atoms with Gasteiger partial charge in [-0.3, -0.25) is 4.79 Å². The molecule has 1 aromatic carbocycles. The van der Waals surface area contributed by atoms with Crippen molar-refractivity contribution in [2.45, 2.75) is 26.3 Å². The van der Waals surface area contributed by atoms with Crippen LogP contribution in [0.3, 0.4) is 0 Å². The molecule has 1 amide bonds. The van der Waals surface area contributed by atoms with E-state index in [1.54, 1.807) is 4.68 Å². The van der Waals surface area contributed by atoms with Gasteiger partial charge in [0.1, 0.15) is 6.04 Å². The van der Waals surface area contributed by atoms with Crippen LogP contribution in [-0.4, -0.2) is 51.8 Å². The van der Waals surface area contributed by atoms with E-state index in [0.717, 1.165) is 18.8 Å². The third kappa shape index (κ3) is 6.85. The van der Waals surface area contributed by atoms with E-state index < -0.39 is 0 Å². The summed E-state index contributed by atoms with van der Waals surface area (Å²) in [5, 5.41) is 20.8. The molecule has 2 aromatic rings. The molecule has 0 aliphatic heterocycles. The number of likely N-dealkylation sites (N-methyl/N-ethyl adjacent to an activating group) is 1. The highest BCUT2D eigenvalue weighted by Crippen LogP contribution is 2.12. The normalized spacial score (nSPS) is 11.0. The van der Waals surface area contributed by atoms with Crippen LogP contribution >= 0.6 is 24.8 Å². The Labute approximate surface area is 160 Å². The van der Waals surface area contributed by atoms with E-state index in [1.165, 1.54) is 0 Å². The zero-order valence-electron chi connectivity index (χ0n) is 14.3.